The Kier molecular flexibility index (Phi) is 4.04. The first kappa shape index (κ1) is 14.2. The van der Waals surface area contributed by atoms with Crippen LogP contribution in [0, 0.1) is 5.82 Å². The van der Waals surface area contributed by atoms with Crippen LogP contribution in [0.3, 0.4) is 0 Å². The van der Waals surface area contributed by atoms with E-state index in [9.17, 15) is 9.50 Å². The van der Waals surface area contributed by atoms with E-state index in [0.29, 0.717) is 6.54 Å². The highest BCUT2D eigenvalue weighted by Crippen LogP contribution is 2.32. The topological polar surface area (TPSA) is 23.5 Å². The van der Waals surface area contributed by atoms with Gasteiger partial charge in [-0.25, -0.2) is 4.39 Å². The van der Waals surface area contributed by atoms with Gasteiger partial charge in [0.2, 0.25) is 0 Å². The van der Waals surface area contributed by atoms with E-state index >= 15 is 0 Å². The summed E-state index contributed by atoms with van der Waals surface area (Å²) in [7, 11) is 0. The molecule has 2 aromatic carbocycles. The molecular formula is C18H20FNO. The van der Waals surface area contributed by atoms with Gasteiger partial charge >= 0.3 is 0 Å². The molecule has 2 aromatic rings. The normalized spacial score (nSPS) is 23.1. The smallest absolute Gasteiger partial charge is 0.123 e. The van der Waals surface area contributed by atoms with E-state index in [1.165, 1.54) is 17.7 Å². The van der Waals surface area contributed by atoms with Gasteiger partial charge < -0.3 is 5.11 Å². The number of hydrogen-bond donors (Lipinski definition) is 1. The Morgan fingerprint density at radius 3 is 2.48 bits per heavy atom. The molecule has 110 valence electrons. The van der Waals surface area contributed by atoms with Crippen molar-refractivity contribution in [1.82, 2.24) is 4.90 Å². The average molecular weight is 285 g/mol. The van der Waals surface area contributed by atoms with Crippen molar-refractivity contribution in [1.29, 1.82) is 0 Å². The molecule has 1 saturated heterocycles. The molecule has 3 heteroatoms. The summed E-state index contributed by atoms with van der Waals surface area (Å²) in [6.45, 7) is 2.41. The number of nitrogens with zero attached hydrogens (tertiary/aromatic N) is 1. The standard InChI is InChI=1S/C18H20FNO/c19-17-9-7-16(8-10-17)18(21)11-4-12-20(14-18)13-15-5-2-1-3-6-15/h1-3,5-10,21H,4,11-14H2. The van der Waals surface area contributed by atoms with Crippen LogP contribution in [0.1, 0.15) is 24.0 Å². The first-order valence-electron chi connectivity index (χ1n) is 7.40. The molecule has 1 atom stereocenters. The maximum atomic E-state index is 13.1. The number of halogens is 1. The first-order chi connectivity index (χ1) is 10.2. The number of likely N-dealkylation sites (tertiary alicyclic amines) is 1. The van der Waals surface area contributed by atoms with Crippen molar-refractivity contribution in [3.05, 3.63) is 71.5 Å². The molecule has 1 aliphatic heterocycles. The lowest BCUT2D eigenvalue weighted by atomic mass is 9.85. The van der Waals surface area contributed by atoms with Crippen LogP contribution >= 0.6 is 0 Å². The molecule has 1 N–H and O–H groups in total. The zero-order chi connectivity index (χ0) is 14.7. The van der Waals surface area contributed by atoms with E-state index in [0.717, 1.165) is 31.5 Å². The number of hydrogen-bond acceptors (Lipinski definition) is 2. The summed E-state index contributed by atoms with van der Waals surface area (Å²) >= 11 is 0. The fraction of sp³-hybridized carbons (Fsp3) is 0.333. The third-order valence-corrected chi connectivity index (χ3v) is 4.18. The van der Waals surface area contributed by atoms with Crippen LogP contribution in [-0.4, -0.2) is 23.1 Å². The molecule has 0 aliphatic carbocycles. The summed E-state index contributed by atoms with van der Waals surface area (Å²) < 4.78 is 13.1. The Morgan fingerprint density at radius 2 is 1.76 bits per heavy atom. The summed E-state index contributed by atoms with van der Waals surface area (Å²) in [4.78, 5) is 2.27. The van der Waals surface area contributed by atoms with Gasteiger partial charge in [-0.2, -0.15) is 0 Å². The molecule has 0 radical (unpaired) electrons. The van der Waals surface area contributed by atoms with Gasteiger partial charge in [-0.3, -0.25) is 4.90 Å². The van der Waals surface area contributed by atoms with Crippen molar-refractivity contribution in [2.45, 2.75) is 25.0 Å². The molecule has 0 amide bonds. The van der Waals surface area contributed by atoms with E-state index in [4.69, 9.17) is 0 Å². The maximum absolute atomic E-state index is 13.1. The summed E-state index contributed by atoms with van der Waals surface area (Å²) in [5, 5.41) is 10.9. The van der Waals surface area contributed by atoms with Crippen LogP contribution in [0.25, 0.3) is 0 Å². The highest BCUT2D eigenvalue weighted by Gasteiger charge is 2.34. The Hall–Kier alpha value is -1.71. The Morgan fingerprint density at radius 1 is 1.05 bits per heavy atom. The van der Waals surface area contributed by atoms with Crippen LogP contribution in [0.15, 0.2) is 54.6 Å². The third kappa shape index (κ3) is 3.31. The zero-order valence-corrected chi connectivity index (χ0v) is 12.0. The molecule has 0 aromatic heterocycles. The molecule has 1 unspecified atom stereocenters. The maximum Gasteiger partial charge on any atom is 0.123 e. The van der Waals surface area contributed by atoms with Gasteiger partial charge in [-0.05, 0) is 42.6 Å². The minimum absolute atomic E-state index is 0.265. The quantitative estimate of drug-likeness (QED) is 0.935. The van der Waals surface area contributed by atoms with Gasteiger partial charge in [0.05, 0.1) is 0 Å². The Labute approximate surface area is 124 Å². The molecule has 0 bridgehead atoms. The molecule has 1 aliphatic rings. The second-order valence-electron chi connectivity index (χ2n) is 5.84. The van der Waals surface area contributed by atoms with Gasteiger partial charge in [0.25, 0.3) is 0 Å². The second-order valence-corrected chi connectivity index (χ2v) is 5.84. The monoisotopic (exact) mass is 285 g/mol. The molecule has 3 rings (SSSR count). The van der Waals surface area contributed by atoms with Gasteiger partial charge in [-0.1, -0.05) is 42.5 Å². The molecule has 21 heavy (non-hydrogen) atoms. The molecule has 0 spiro atoms. The lowest BCUT2D eigenvalue weighted by Crippen LogP contribution is -2.45. The van der Waals surface area contributed by atoms with Crippen molar-refractivity contribution in [3.8, 4) is 0 Å². The lowest BCUT2D eigenvalue weighted by Gasteiger charge is -2.39. The highest BCUT2D eigenvalue weighted by molar-refractivity contribution is 5.24. The van der Waals surface area contributed by atoms with Crippen molar-refractivity contribution < 1.29 is 9.50 Å². The summed E-state index contributed by atoms with van der Waals surface area (Å²) in [6.07, 6.45) is 1.67. The minimum atomic E-state index is -0.874. The van der Waals surface area contributed by atoms with Crippen LogP contribution in [0.5, 0.6) is 0 Å². The predicted octanol–water partition coefficient (Wildman–Crippen LogP) is 3.31. The summed E-state index contributed by atoms with van der Waals surface area (Å²) in [6, 6.07) is 16.5. The van der Waals surface area contributed by atoms with Gasteiger partial charge in [0.15, 0.2) is 0 Å². The van der Waals surface area contributed by atoms with Crippen molar-refractivity contribution in [2.75, 3.05) is 13.1 Å². The molecular weight excluding hydrogens is 265 g/mol. The number of rotatable bonds is 3. The fourth-order valence-electron chi connectivity index (χ4n) is 3.10. The van der Waals surface area contributed by atoms with E-state index in [1.54, 1.807) is 12.1 Å². The second kappa shape index (κ2) is 5.96. The number of aliphatic hydroxyl groups is 1. The Balaban J connectivity index is 1.74. The number of piperidine rings is 1. The van der Waals surface area contributed by atoms with E-state index in [2.05, 4.69) is 17.0 Å². The zero-order valence-electron chi connectivity index (χ0n) is 12.0. The predicted molar refractivity (Wildman–Crippen MR) is 81.2 cm³/mol. The van der Waals surface area contributed by atoms with Crippen molar-refractivity contribution in [2.24, 2.45) is 0 Å². The summed E-state index contributed by atoms with van der Waals surface area (Å²) in [5.74, 6) is -0.265. The first-order valence-corrected chi connectivity index (χ1v) is 7.40. The molecule has 0 saturated carbocycles. The molecule has 1 heterocycles. The van der Waals surface area contributed by atoms with Crippen LogP contribution in [0.2, 0.25) is 0 Å². The average Bonchev–Trinajstić information content (AvgIpc) is 2.49. The highest BCUT2D eigenvalue weighted by atomic mass is 19.1. The van der Waals surface area contributed by atoms with Crippen LogP contribution < -0.4 is 0 Å². The number of benzene rings is 2. The summed E-state index contributed by atoms with van der Waals surface area (Å²) in [5.41, 5.74) is 1.18. The Bertz CT molecular complexity index is 584. The van der Waals surface area contributed by atoms with Crippen molar-refractivity contribution in [3.63, 3.8) is 0 Å². The van der Waals surface area contributed by atoms with E-state index in [-0.39, 0.29) is 5.82 Å². The van der Waals surface area contributed by atoms with Crippen molar-refractivity contribution >= 4 is 0 Å². The van der Waals surface area contributed by atoms with E-state index in [1.807, 2.05) is 18.2 Å². The molecule has 2 nitrogen and oxygen atoms in total. The third-order valence-electron chi connectivity index (χ3n) is 4.18. The van der Waals surface area contributed by atoms with Crippen LogP contribution in [0.4, 0.5) is 4.39 Å². The number of β-amino-alcohol motifs (C(OH)–C–C–N with tert-alkyl or cyclic N) is 1. The fourth-order valence-corrected chi connectivity index (χ4v) is 3.10. The van der Waals surface area contributed by atoms with Gasteiger partial charge in [-0.15, -0.1) is 0 Å². The van der Waals surface area contributed by atoms with E-state index < -0.39 is 5.60 Å². The molecule has 1 fully saturated rings. The van der Waals surface area contributed by atoms with Gasteiger partial charge in [0, 0.05) is 13.1 Å². The van der Waals surface area contributed by atoms with Crippen LogP contribution in [-0.2, 0) is 12.1 Å². The SMILES string of the molecule is OC1(c2ccc(F)cc2)CCCN(Cc2ccccc2)C1. The largest absolute Gasteiger partial charge is 0.384 e. The lowest BCUT2D eigenvalue weighted by molar-refractivity contribution is -0.0381. The minimum Gasteiger partial charge on any atom is -0.384 e. The van der Waals surface area contributed by atoms with Gasteiger partial charge in [0.1, 0.15) is 11.4 Å².